The fraction of sp³-hybridized carbons (Fsp3) is 0.273. The highest BCUT2D eigenvalue weighted by atomic mass is 127. The fourth-order valence-electron chi connectivity index (χ4n) is 1.20. The molecule has 2 N–H and O–H groups in total. The summed E-state index contributed by atoms with van der Waals surface area (Å²) < 4.78 is 1.08. The number of carbonyl (C=O) groups excluding carboxylic acids is 1. The van der Waals surface area contributed by atoms with Crippen molar-refractivity contribution in [2.75, 3.05) is 6.54 Å². The molecular formula is C11H12INO3. The Morgan fingerprint density at radius 1 is 1.38 bits per heavy atom. The van der Waals surface area contributed by atoms with Crippen molar-refractivity contribution in [3.8, 4) is 0 Å². The maximum absolute atomic E-state index is 11.4. The third-order valence-electron chi connectivity index (χ3n) is 1.91. The van der Waals surface area contributed by atoms with Gasteiger partial charge in [-0.1, -0.05) is 12.1 Å². The Bertz CT molecular complexity index is 393. The van der Waals surface area contributed by atoms with Gasteiger partial charge in [0.05, 0.1) is 12.8 Å². The zero-order valence-electron chi connectivity index (χ0n) is 8.57. The third-order valence-corrected chi connectivity index (χ3v) is 2.59. The molecule has 0 spiro atoms. The second kappa shape index (κ2) is 6.47. The summed E-state index contributed by atoms with van der Waals surface area (Å²) in [6.45, 7) is 0.179. The minimum atomic E-state index is -0.908. The number of hydrogen-bond donors (Lipinski definition) is 2. The van der Waals surface area contributed by atoms with E-state index in [2.05, 4.69) is 27.9 Å². The highest BCUT2D eigenvalue weighted by Crippen LogP contribution is 2.08. The maximum atomic E-state index is 11.4. The van der Waals surface area contributed by atoms with Crippen molar-refractivity contribution >= 4 is 34.5 Å². The van der Waals surface area contributed by atoms with Crippen molar-refractivity contribution in [3.63, 3.8) is 0 Å². The number of aliphatic carboxylic acids is 1. The van der Waals surface area contributed by atoms with Gasteiger partial charge in [0.25, 0.3) is 0 Å². The molecule has 0 heterocycles. The van der Waals surface area contributed by atoms with Crippen molar-refractivity contribution in [2.24, 2.45) is 0 Å². The van der Waals surface area contributed by atoms with Crippen LogP contribution in [-0.2, 0) is 16.0 Å². The van der Waals surface area contributed by atoms with Gasteiger partial charge in [0.1, 0.15) is 0 Å². The van der Waals surface area contributed by atoms with Crippen LogP contribution in [-0.4, -0.2) is 23.5 Å². The molecule has 4 nitrogen and oxygen atoms in total. The van der Waals surface area contributed by atoms with E-state index in [1.165, 1.54) is 0 Å². The summed E-state index contributed by atoms with van der Waals surface area (Å²) >= 11 is 2.18. The van der Waals surface area contributed by atoms with E-state index in [1.807, 2.05) is 24.3 Å². The fourth-order valence-corrected chi connectivity index (χ4v) is 1.81. The van der Waals surface area contributed by atoms with Crippen LogP contribution in [0.3, 0.4) is 0 Å². The summed E-state index contributed by atoms with van der Waals surface area (Å²) in [5, 5.41) is 11.0. The van der Waals surface area contributed by atoms with Crippen LogP contribution >= 0.6 is 22.6 Å². The van der Waals surface area contributed by atoms with Crippen LogP contribution in [0.1, 0.15) is 12.0 Å². The van der Waals surface area contributed by atoms with Crippen LogP contribution in [0.15, 0.2) is 24.3 Å². The number of rotatable bonds is 5. The molecule has 0 bridgehead atoms. The van der Waals surface area contributed by atoms with E-state index in [-0.39, 0.29) is 25.3 Å². The van der Waals surface area contributed by atoms with Gasteiger partial charge in [0.2, 0.25) is 5.91 Å². The molecule has 0 aliphatic heterocycles. The molecule has 0 radical (unpaired) electrons. The molecule has 0 saturated heterocycles. The number of hydrogen-bond acceptors (Lipinski definition) is 2. The standard InChI is InChI=1S/C11H12INO3/c12-9-3-1-2-8(6-9)7-10(14)13-5-4-11(15)16/h1-3,6H,4-5,7H2,(H,13,14)(H,15,16). The predicted octanol–water partition coefficient (Wildman–Crippen LogP) is 1.42. The molecule has 0 unspecified atom stereocenters. The van der Waals surface area contributed by atoms with Gasteiger partial charge in [-0.05, 0) is 40.3 Å². The molecule has 0 atom stereocenters. The zero-order chi connectivity index (χ0) is 12.0. The molecule has 0 aromatic heterocycles. The molecular weight excluding hydrogens is 321 g/mol. The first-order valence-electron chi connectivity index (χ1n) is 4.81. The average Bonchev–Trinajstić information content (AvgIpc) is 2.16. The van der Waals surface area contributed by atoms with Crippen molar-refractivity contribution < 1.29 is 14.7 Å². The first-order chi connectivity index (χ1) is 7.58. The van der Waals surface area contributed by atoms with Gasteiger partial charge in [-0.15, -0.1) is 0 Å². The number of carboxylic acids is 1. The van der Waals surface area contributed by atoms with E-state index >= 15 is 0 Å². The van der Waals surface area contributed by atoms with E-state index in [9.17, 15) is 9.59 Å². The van der Waals surface area contributed by atoms with Crippen molar-refractivity contribution in [1.29, 1.82) is 0 Å². The molecule has 1 amide bonds. The van der Waals surface area contributed by atoms with Crippen LogP contribution in [0.2, 0.25) is 0 Å². The summed E-state index contributed by atoms with van der Waals surface area (Å²) in [5.41, 5.74) is 0.930. The Morgan fingerprint density at radius 2 is 2.12 bits per heavy atom. The Labute approximate surface area is 107 Å². The van der Waals surface area contributed by atoms with Crippen LogP contribution in [0, 0.1) is 3.57 Å². The van der Waals surface area contributed by atoms with E-state index in [1.54, 1.807) is 0 Å². The van der Waals surface area contributed by atoms with Gasteiger partial charge >= 0.3 is 5.97 Å². The van der Waals surface area contributed by atoms with Gasteiger partial charge in [-0.3, -0.25) is 9.59 Å². The van der Waals surface area contributed by atoms with Crippen LogP contribution < -0.4 is 5.32 Å². The normalized spacial score (nSPS) is 9.81. The lowest BCUT2D eigenvalue weighted by molar-refractivity contribution is -0.136. The quantitative estimate of drug-likeness (QED) is 0.801. The van der Waals surface area contributed by atoms with Crippen molar-refractivity contribution in [1.82, 2.24) is 5.32 Å². The van der Waals surface area contributed by atoms with E-state index in [4.69, 9.17) is 5.11 Å². The third kappa shape index (κ3) is 5.11. The number of carboxylic acid groups (broad SMARTS) is 1. The molecule has 0 aliphatic carbocycles. The van der Waals surface area contributed by atoms with Crippen LogP contribution in [0.25, 0.3) is 0 Å². The minimum Gasteiger partial charge on any atom is -0.481 e. The molecule has 5 heteroatoms. The number of carbonyl (C=O) groups is 2. The molecule has 1 aromatic rings. The summed E-state index contributed by atoms with van der Waals surface area (Å²) in [6, 6.07) is 7.64. The Hall–Kier alpha value is -1.11. The first kappa shape index (κ1) is 13.0. The van der Waals surface area contributed by atoms with Crippen LogP contribution in [0.5, 0.6) is 0 Å². The number of halogens is 1. The minimum absolute atomic E-state index is 0.0436. The van der Waals surface area contributed by atoms with E-state index in [0.29, 0.717) is 0 Å². The number of benzene rings is 1. The van der Waals surface area contributed by atoms with Gasteiger partial charge in [-0.25, -0.2) is 0 Å². The monoisotopic (exact) mass is 333 g/mol. The van der Waals surface area contributed by atoms with Crippen LogP contribution in [0.4, 0.5) is 0 Å². The molecule has 1 rings (SSSR count). The molecule has 0 saturated carbocycles. The van der Waals surface area contributed by atoms with Gasteiger partial charge in [-0.2, -0.15) is 0 Å². The Morgan fingerprint density at radius 3 is 2.75 bits per heavy atom. The second-order valence-electron chi connectivity index (χ2n) is 3.30. The predicted molar refractivity (Wildman–Crippen MR) is 68.1 cm³/mol. The Kier molecular flexibility index (Phi) is 5.24. The smallest absolute Gasteiger partial charge is 0.305 e. The largest absolute Gasteiger partial charge is 0.481 e. The van der Waals surface area contributed by atoms with Crippen molar-refractivity contribution in [3.05, 3.63) is 33.4 Å². The molecule has 86 valence electrons. The highest BCUT2D eigenvalue weighted by Gasteiger charge is 2.04. The molecule has 0 aliphatic rings. The van der Waals surface area contributed by atoms with Crippen molar-refractivity contribution in [2.45, 2.75) is 12.8 Å². The lowest BCUT2D eigenvalue weighted by Gasteiger charge is -2.03. The zero-order valence-corrected chi connectivity index (χ0v) is 10.7. The lowest BCUT2D eigenvalue weighted by atomic mass is 10.1. The number of amides is 1. The first-order valence-corrected chi connectivity index (χ1v) is 5.89. The summed E-state index contributed by atoms with van der Waals surface area (Å²) in [6.07, 6.45) is 0.245. The van der Waals surface area contributed by atoms with Gasteiger partial charge < -0.3 is 10.4 Å². The van der Waals surface area contributed by atoms with E-state index < -0.39 is 5.97 Å². The van der Waals surface area contributed by atoms with Gasteiger partial charge in [0.15, 0.2) is 0 Å². The topological polar surface area (TPSA) is 66.4 Å². The molecule has 0 fully saturated rings. The lowest BCUT2D eigenvalue weighted by Crippen LogP contribution is -2.27. The number of nitrogens with one attached hydrogen (secondary N) is 1. The summed E-state index contributed by atoms with van der Waals surface area (Å²) in [4.78, 5) is 21.6. The SMILES string of the molecule is O=C(O)CCNC(=O)Cc1cccc(I)c1. The molecule has 1 aromatic carbocycles. The Balaban J connectivity index is 2.37. The summed E-state index contributed by atoms with van der Waals surface area (Å²) in [5.74, 6) is -1.06. The highest BCUT2D eigenvalue weighted by molar-refractivity contribution is 14.1. The van der Waals surface area contributed by atoms with Gasteiger partial charge in [0, 0.05) is 10.1 Å². The summed E-state index contributed by atoms with van der Waals surface area (Å²) in [7, 11) is 0. The maximum Gasteiger partial charge on any atom is 0.305 e. The average molecular weight is 333 g/mol. The van der Waals surface area contributed by atoms with E-state index in [0.717, 1.165) is 9.13 Å². The second-order valence-corrected chi connectivity index (χ2v) is 4.55. The molecule has 16 heavy (non-hydrogen) atoms.